The first-order valence-corrected chi connectivity index (χ1v) is 7.94. The molecule has 0 saturated heterocycles. The Balaban J connectivity index is 2.04. The SMILES string of the molecule is CCOc1ccc(Nc2ncnc(NCCC(C)C)c2N)cc1. The number of nitrogen functional groups attached to an aromatic ring is 1. The summed E-state index contributed by atoms with van der Waals surface area (Å²) in [6, 6.07) is 7.67. The maximum absolute atomic E-state index is 6.15. The molecule has 0 radical (unpaired) electrons. The van der Waals surface area contributed by atoms with Gasteiger partial charge in [-0.1, -0.05) is 13.8 Å². The third-order valence-corrected chi connectivity index (χ3v) is 3.33. The molecule has 0 unspecified atom stereocenters. The number of aromatic nitrogens is 2. The number of rotatable bonds is 8. The summed E-state index contributed by atoms with van der Waals surface area (Å²) in [5.74, 6) is 2.72. The van der Waals surface area contributed by atoms with Crippen molar-refractivity contribution in [1.82, 2.24) is 9.97 Å². The molecule has 0 aliphatic rings. The molecule has 1 heterocycles. The van der Waals surface area contributed by atoms with Crippen LogP contribution in [0, 0.1) is 5.92 Å². The average molecular weight is 315 g/mol. The predicted molar refractivity (Wildman–Crippen MR) is 95.3 cm³/mol. The molecule has 4 N–H and O–H groups in total. The standard InChI is InChI=1S/C17H25N5O/c1-4-23-14-7-5-13(6-8-14)22-17-15(18)16(20-11-21-17)19-10-9-12(2)3/h5-8,11-12H,4,9-10,18H2,1-3H3,(H2,19,20,21,22). The first-order valence-electron chi connectivity index (χ1n) is 7.94. The Bertz CT molecular complexity index is 613. The maximum Gasteiger partial charge on any atom is 0.159 e. The van der Waals surface area contributed by atoms with Gasteiger partial charge in [-0.3, -0.25) is 0 Å². The summed E-state index contributed by atoms with van der Waals surface area (Å²) in [5, 5.41) is 6.47. The molecule has 0 fully saturated rings. The van der Waals surface area contributed by atoms with Crippen molar-refractivity contribution in [2.24, 2.45) is 5.92 Å². The van der Waals surface area contributed by atoms with E-state index in [0.29, 0.717) is 29.8 Å². The second-order valence-electron chi connectivity index (χ2n) is 5.68. The molecular weight excluding hydrogens is 290 g/mol. The van der Waals surface area contributed by atoms with E-state index in [1.54, 1.807) is 0 Å². The van der Waals surface area contributed by atoms with E-state index in [-0.39, 0.29) is 0 Å². The van der Waals surface area contributed by atoms with Gasteiger partial charge in [0.2, 0.25) is 0 Å². The fourth-order valence-electron chi connectivity index (χ4n) is 2.05. The van der Waals surface area contributed by atoms with Crippen LogP contribution in [0.4, 0.5) is 23.0 Å². The van der Waals surface area contributed by atoms with Gasteiger partial charge in [0.25, 0.3) is 0 Å². The zero-order valence-electron chi connectivity index (χ0n) is 14.0. The Kier molecular flexibility index (Phi) is 6.02. The van der Waals surface area contributed by atoms with E-state index in [0.717, 1.165) is 24.4 Å². The molecule has 0 bridgehead atoms. The number of hydrogen-bond acceptors (Lipinski definition) is 6. The van der Waals surface area contributed by atoms with E-state index in [2.05, 4.69) is 34.4 Å². The number of nitrogens with two attached hydrogens (primary N) is 1. The Morgan fingerprint density at radius 1 is 1.13 bits per heavy atom. The van der Waals surface area contributed by atoms with Gasteiger partial charge in [0.15, 0.2) is 11.6 Å². The molecular formula is C17H25N5O. The van der Waals surface area contributed by atoms with Gasteiger partial charge in [0, 0.05) is 12.2 Å². The second-order valence-corrected chi connectivity index (χ2v) is 5.68. The van der Waals surface area contributed by atoms with Crippen molar-refractivity contribution in [3.05, 3.63) is 30.6 Å². The molecule has 2 aromatic rings. The second kappa shape index (κ2) is 8.22. The van der Waals surface area contributed by atoms with Crippen LogP contribution in [0.1, 0.15) is 27.2 Å². The summed E-state index contributed by atoms with van der Waals surface area (Å²) >= 11 is 0. The highest BCUT2D eigenvalue weighted by Crippen LogP contribution is 2.26. The van der Waals surface area contributed by atoms with Gasteiger partial charge in [0.05, 0.1) is 6.61 Å². The van der Waals surface area contributed by atoms with E-state index >= 15 is 0 Å². The first kappa shape index (κ1) is 16.9. The van der Waals surface area contributed by atoms with Gasteiger partial charge in [0.1, 0.15) is 17.8 Å². The highest BCUT2D eigenvalue weighted by atomic mass is 16.5. The molecule has 6 heteroatoms. The number of nitrogens with zero attached hydrogens (tertiary/aromatic N) is 2. The van der Waals surface area contributed by atoms with Gasteiger partial charge in [-0.15, -0.1) is 0 Å². The van der Waals surface area contributed by atoms with E-state index < -0.39 is 0 Å². The zero-order chi connectivity index (χ0) is 16.7. The Hall–Kier alpha value is -2.50. The lowest BCUT2D eigenvalue weighted by Crippen LogP contribution is -2.10. The molecule has 1 aromatic heterocycles. The van der Waals surface area contributed by atoms with Gasteiger partial charge < -0.3 is 21.1 Å². The number of nitrogens with one attached hydrogen (secondary N) is 2. The molecule has 0 aliphatic heterocycles. The minimum absolute atomic E-state index is 0.519. The van der Waals surface area contributed by atoms with Crippen LogP contribution >= 0.6 is 0 Å². The Morgan fingerprint density at radius 2 is 1.83 bits per heavy atom. The van der Waals surface area contributed by atoms with Crippen molar-refractivity contribution >= 4 is 23.0 Å². The van der Waals surface area contributed by atoms with Crippen molar-refractivity contribution < 1.29 is 4.74 Å². The smallest absolute Gasteiger partial charge is 0.159 e. The molecule has 0 spiro atoms. The van der Waals surface area contributed by atoms with Crippen LogP contribution in [0.3, 0.4) is 0 Å². The summed E-state index contributed by atoms with van der Waals surface area (Å²) in [6.45, 7) is 7.81. The van der Waals surface area contributed by atoms with Crippen molar-refractivity contribution in [1.29, 1.82) is 0 Å². The summed E-state index contributed by atoms with van der Waals surface area (Å²) in [7, 11) is 0. The van der Waals surface area contributed by atoms with Crippen LogP contribution < -0.4 is 21.1 Å². The lowest BCUT2D eigenvalue weighted by Gasteiger charge is -2.13. The first-order chi connectivity index (χ1) is 11.1. The summed E-state index contributed by atoms with van der Waals surface area (Å²) in [5.41, 5.74) is 7.56. The fourth-order valence-corrected chi connectivity index (χ4v) is 2.05. The number of anilines is 4. The minimum Gasteiger partial charge on any atom is -0.494 e. The zero-order valence-corrected chi connectivity index (χ0v) is 14.0. The molecule has 1 aromatic carbocycles. The topological polar surface area (TPSA) is 85.1 Å². The lowest BCUT2D eigenvalue weighted by atomic mass is 10.1. The van der Waals surface area contributed by atoms with E-state index in [1.807, 2.05) is 31.2 Å². The van der Waals surface area contributed by atoms with Crippen LogP contribution in [0.15, 0.2) is 30.6 Å². The van der Waals surface area contributed by atoms with Gasteiger partial charge >= 0.3 is 0 Å². The van der Waals surface area contributed by atoms with E-state index in [9.17, 15) is 0 Å². The highest BCUT2D eigenvalue weighted by molar-refractivity contribution is 5.77. The largest absolute Gasteiger partial charge is 0.494 e. The van der Waals surface area contributed by atoms with Crippen molar-refractivity contribution in [2.45, 2.75) is 27.2 Å². The monoisotopic (exact) mass is 315 g/mol. The number of hydrogen-bond donors (Lipinski definition) is 3. The molecule has 124 valence electrons. The lowest BCUT2D eigenvalue weighted by molar-refractivity contribution is 0.340. The van der Waals surface area contributed by atoms with Crippen LogP contribution in [0.2, 0.25) is 0 Å². The summed E-state index contributed by atoms with van der Waals surface area (Å²) < 4.78 is 5.43. The van der Waals surface area contributed by atoms with Gasteiger partial charge in [-0.2, -0.15) is 0 Å². The highest BCUT2D eigenvalue weighted by Gasteiger charge is 2.08. The number of benzene rings is 1. The van der Waals surface area contributed by atoms with Crippen LogP contribution in [-0.2, 0) is 0 Å². The molecule has 0 aliphatic carbocycles. The normalized spacial score (nSPS) is 10.6. The third-order valence-electron chi connectivity index (χ3n) is 3.33. The number of ether oxygens (including phenoxy) is 1. The average Bonchev–Trinajstić information content (AvgIpc) is 2.53. The Labute approximate surface area is 137 Å². The van der Waals surface area contributed by atoms with Crippen LogP contribution in [0.5, 0.6) is 5.75 Å². The quantitative estimate of drug-likeness (QED) is 0.689. The fraction of sp³-hybridized carbons (Fsp3) is 0.412. The van der Waals surface area contributed by atoms with E-state index in [4.69, 9.17) is 10.5 Å². The molecule has 6 nitrogen and oxygen atoms in total. The minimum atomic E-state index is 0.519. The van der Waals surface area contributed by atoms with Crippen LogP contribution in [0.25, 0.3) is 0 Å². The molecule has 0 amide bonds. The van der Waals surface area contributed by atoms with Crippen molar-refractivity contribution in [2.75, 3.05) is 29.5 Å². The maximum atomic E-state index is 6.15. The van der Waals surface area contributed by atoms with Crippen molar-refractivity contribution in [3.63, 3.8) is 0 Å². The third kappa shape index (κ3) is 5.02. The van der Waals surface area contributed by atoms with Crippen molar-refractivity contribution in [3.8, 4) is 5.75 Å². The Morgan fingerprint density at radius 3 is 2.48 bits per heavy atom. The molecule has 0 atom stereocenters. The van der Waals surface area contributed by atoms with Gasteiger partial charge in [-0.25, -0.2) is 9.97 Å². The predicted octanol–water partition coefficient (Wildman–Crippen LogP) is 3.66. The molecule has 2 rings (SSSR count). The molecule has 0 saturated carbocycles. The van der Waals surface area contributed by atoms with E-state index in [1.165, 1.54) is 6.33 Å². The summed E-state index contributed by atoms with van der Waals surface area (Å²) in [6.07, 6.45) is 2.57. The van der Waals surface area contributed by atoms with Crippen LogP contribution in [-0.4, -0.2) is 23.1 Å². The van der Waals surface area contributed by atoms with Gasteiger partial charge in [-0.05, 0) is 43.5 Å². The summed E-state index contributed by atoms with van der Waals surface area (Å²) in [4.78, 5) is 8.43. The molecule has 23 heavy (non-hydrogen) atoms.